The van der Waals surface area contributed by atoms with Crippen LogP contribution in [-0.2, 0) is 0 Å². The summed E-state index contributed by atoms with van der Waals surface area (Å²) in [5, 5.41) is 3.55. The highest BCUT2D eigenvalue weighted by atomic mass is 35.5. The SMILES string of the molecule is CC1CCC(NC(=O)c2ccc(C#CCN)c(Cl)c2)C1. The molecule has 2 atom stereocenters. The third kappa shape index (κ3) is 3.75. The van der Waals surface area contributed by atoms with Gasteiger partial charge in [0.05, 0.1) is 11.6 Å². The predicted molar refractivity (Wildman–Crippen MR) is 81.7 cm³/mol. The highest BCUT2D eigenvalue weighted by Gasteiger charge is 2.23. The Hall–Kier alpha value is -1.50. The minimum atomic E-state index is -0.0654. The molecule has 106 valence electrons. The van der Waals surface area contributed by atoms with Crippen LogP contribution in [0.3, 0.4) is 0 Å². The van der Waals surface area contributed by atoms with E-state index < -0.39 is 0 Å². The quantitative estimate of drug-likeness (QED) is 0.823. The van der Waals surface area contributed by atoms with Crippen molar-refractivity contribution in [3.05, 3.63) is 34.3 Å². The molecule has 3 nitrogen and oxygen atoms in total. The van der Waals surface area contributed by atoms with E-state index in [0.717, 1.165) is 12.8 Å². The maximum atomic E-state index is 12.2. The van der Waals surface area contributed by atoms with Gasteiger partial charge in [0, 0.05) is 17.2 Å². The van der Waals surface area contributed by atoms with E-state index in [4.69, 9.17) is 17.3 Å². The zero-order valence-electron chi connectivity index (χ0n) is 11.6. The van der Waals surface area contributed by atoms with E-state index in [1.807, 2.05) is 0 Å². The van der Waals surface area contributed by atoms with Crippen LogP contribution >= 0.6 is 11.6 Å². The molecule has 1 aromatic rings. The lowest BCUT2D eigenvalue weighted by Crippen LogP contribution is -2.32. The second kappa shape index (κ2) is 6.78. The standard InChI is InChI=1S/C16H19ClN2O/c1-11-4-7-14(9-11)19-16(20)13-6-5-12(3-2-8-18)15(17)10-13/h5-6,10-11,14H,4,7-9,18H2,1H3,(H,19,20). The van der Waals surface area contributed by atoms with Gasteiger partial charge in [0.2, 0.25) is 0 Å². The first kappa shape index (κ1) is 14.9. The molecule has 0 heterocycles. The fourth-order valence-electron chi connectivity index (χ4n) is 2.51. The van der Waals surface area contributed by atoms with Gasteiger partial charge in [-0.3, -0.25) is 4.79 Å². The summed E-state index contributed by atoms with van der Waals surface area (Å²) in [6.45, 7) is 2.51. The van der Waals surface area contributed by atoms with E-state index in [0.29, 0.717) is 28.6 Å². The van der Waals surface area contributed by atoms with Crippen molar-refractivity contribution in [1.29, 1.82) is 0 Å². The summed E-state index contributed by atoms with van der Waals surface area (Å²) in [5.41, 5.74) is 6.60. The first-order valence-electron chi connectivity index (χ1n) is 6.89. The molecule has 0 spiro atoms. The van der Waals surface area contributed by atoms with Gasteiger partial charge in [-0.05, 0) is 43.4 Å². The van der Waals surface area contributed by atoms with E-state index in [2.05, 4.69) is 24.1 Å². The minimum Gasteiger partial charge on any atom is -0.349 e. The second-order valence-electron chi connectivity index (χ2n) is 5.29. The molecule has 20 heavy (non-hydrogen) atoms. The molecule has 1 saturated carbocycles. The third-order valence-corrected chi connectivity index (χ3v) is 3.90. The van der Waals surface area contributed by atoms with Gasteiger partial charge in [0.25, 0.3) is 5.91 Å². The number of benzene rings is 1. The number of hydrogen-bond acceptors (Lipinski definition) is 2. The Kier molecular flexibility index (Phi) is 5.05. The van der Waals surface area contributed by atoms with E-state index in [1.54, 1.807) is 18.2 Å². The van der Waals surface area contributed by atoms with E-state index in [-0.39, 0.29) is 11.9 Å². The molecule has 2 unspecified atom stereocenters. The molecular weight excluding hydrogens is 272 g/mol. The zero-order valence-corrected chi connectivity index (χ0v) is 12.3. The Morgan fingerprint density at radius 2 is 2.30 bits per heavy atom. The van der Waals surface area contributed by atoms with Crippen LogP contribution < -0.4 is 11.1 Å². The fourth-order valence-corrected chi connectivity index (χ4v) is 2.74. The topological polar surface area (TPSA) is 55.1 Å². The molecule has 0 aromatic heterocycles. The maximum absolute atomic E-state index is 12.2. The number of rotatable bonds is 2. The van der Waals surface area contributed by atoms with Crippen LogP contribution in [0.1, 0.15) is 42.1 Å². The number of nitrogens with two attached hydrogens (primary N) is 1. The summed E-state index contributed by atoms with van der Waals surface area (Å²) in [6, 6.07) is 5.46. The third-order valence-electron chi connectivity index (χ3n) is 3.59. The highest BCUT2D eigenvalue weighted by Crippen LogP contribution is 2.25. The lowest BCUT2D eigenvalue weighted by atomic mass is 10.1. The Labute approximate surface area is 124 Å². The predicted octanol–water partition coefficient (Wildman–Crippen LogP) is 2.57. The lowest BCUT2D eigenvalue weighted by molar-refractivity contribution is 0.0937. The molecule has 3 N–H and O–H groups in total. The molecule has 0 saturated heterocycles. The molecule has 1 amide bonds. The van der Waals surface area contributed by atoms with E-state index in [1.165, 1.54) is 6.42 Å². The van der Waals surface area contributed by atoms with Gasteiger partial charge >= 0.3 is 0 Å². The molecule has 2 rings (SSSR count). The lowest BCUT2D eigenvalue weighted by Gasteiger charge is -2.12. The van der Waals surface area contributed by atoms with Crippen molar-refractivity contribution in [3.63, 3.8) is 0 Å². The largest absolute Gasteiger partial charge is 0.349 e. The molecule has 1 aromatic carbocycles. The van der Waals surface area contributed by atoms with Crippen molar-refractivity contribution in [2.45, 2.75) is 32.2 Å². The summed E-state index contributed by atoms with van der Waals surface area (Å²) < 4.78 is 0. The minimum absolute atomic E-state index is 0.0654. The monoisotopic (exact) mass is 290 g/mol. The van der Waals surface area contributed by atoms with Gasteiger partial charge in [-0.2, -0.15) is 0 Å². The first-order valence-corrected chi connectivity index (χ1v) is 7.27. The van der Waals surface area contributed by atoms with Crippen LogP contribution in [0.5, 0.6) is 0 Å². The molecule has 4 heteroatoms. The Morgan fingerprint density at radius 1 is 1.50 bits per heavy atom. The number of hydrogen-bond donors (Lipinski definition) is 2. The number of nitrogens with one attached hydrogen (secondary N) is 1. The smallest absolute Gasteiger partial charge is 0.251 e. The van der Waals surface area contributed by atoms with Crippen molar-refractivity contribution in [1.82, 2.24) is 5.32 Å². The number of halogens is 1. The van der Waals surface area contributed by atoms with Gasteiger partial charge in [0.15, 0.2) is 0 Å². The molecule has 1 fully saturated rings. The number of carbonyl (C=O) groups excluding carboxylic acids is 1. The summed E-state index contributed by atoms with van der Waals surface area (Å²) >= 11 is 6.13. The average molecular weight is 291 g/mol. The Balaban J connectivity index is 2.05. The van der Waals surface area contributed by atoms with Crippen molar-refractivity contribution >= 4 is 17.5 Å². The summed E-state index contributed by atoms with van der Waals surface area (Å²) in [4.78, 5) is 12.2. The van der Waals surface area contributed by atoms with Crippen LogP contribution in [-0.4, -0.2) is 18.5 Å². The molecule has 0 aliphatic heterocycles. The number of amides is 1. The molecular formula is C16H19ClN2O. The first-order chi connectivity index (χ1) is 9.60. The van der Waals surface area contributed by atoms with Crippen LogP contribution in [0.15, 0.2) is 18.2 Å². The highest BCUT2D eigenvalue weighted by molar-refractivity contribution is 6.32. The van der Waals surface area contributed by atoms with Crippen molar-refractivity contribution < 1.29 is 4.79 Å². The molecule has 1 aliphatic carbocycles. The fraction of sp³-hybridized carbons (Fsp3) is 0.438. The summed E-state index contributed by atoms with van der Waals surface area (Å²) in [5.74, 6) is 6.26. The van der Waals surface area contributed by atoms with E-state index in [9.17, 15) is 4.79 Å². The normalized spacial score (nSPS) is 21.1. The van der Waals surface area contributed by atoms with Crippen molar-refractivity contribution in [2.75, 3.05) is 6.54 Å². The van der Waals surface area contributed by atoms with E-state index >= 15 is 0 Å². The van der Waals surface area contributed by atoms with Gasteiger partial charge in [0.1, 0.15) is 0 Å². The van der Waals surface area contributed by atoms with Gasteiger partial charge in [-0.15, -0.1) is 0 Å². The molecule has 0 radical (unpaired) electrons. The maximum Gasteiger partial charge on any atom is 0.251 e. The van der Waals surface area contributed by atoms with Crippen molar-refractivity contribution in [3.8, 4) is 11.8 Å². The van der Waals surface area contributed by atoms with Gasteiger partial charge in [-0.25, -0.2) is 0 Å². The van der Waals surface area contributed by atoms with Crippen LogP contribution in [0.25, 0.3) is 0 Å². The Morgan fingerprint density at radius 3 is 2.90 bits per heavy atom. The van der Waals surface area contributed by atoms with Crippen LogP contribution in [0.4, 0.5) is 0 Å². The van der Waals surface area contributed by atoms with Crippen molar-refractivity contribution in [2.24, 2.45) is 11.7 Å². The molecule has 1 aliphatic rings. The average Bonchev–Trinajstić information content (AvgIpc) is 2.82. The number of carbonyl (C=O) groups is 1. The summed E-state index contributed by atoms with van der Waals surface area (Å²) in [7, 11) is 0. The van der Waals surface area contributed by atoms with Gasteiger partial charge in [-0.1, -0.05) is 30.4 Å². The molecule has 0 bridgehead atoms. The second-order valence-corrected chi connectivity index (χ2v) is 5.70. The van der Waals surface area contributed by atoms with Crippen LogP contribution in [0.2, 0.25) is 5.02 Å². The summed E-state index contributed by atoms with van der Waals surface area (Å²) in [6.07, 6.45) is 3.29. The Bertz CT molecular complexity index is 559. The zero-order chi connectivity index (χ0) is 14.5. The van der Waals surface area contributed by atoms with Crippen LogP contribution in [0, 0.1) is 17.8 Å². The van der Waals surface area contributed by atoms with Gasteiger partial charge < -0.3 is 11.1 Å².